The minimum Gasteiger partial charge on any atom is -0.393 e. The summed E-state index contributed by atoms with van der Waals surface area (Å²) in [5.41, 5.74) is 0.932. The van der Waals surface area contributed by atoms with Crippen molar-refractivity contribution in [1.82, 2.24) is 4.90 Å². The number of benzene rings is 1. The third-order valence-electron chi connectivity index (χ3n) is 3.92. The molecule has 1 aliphatic heterocycles. The average molecular weight is 328 g/mol. The lowest BCUT2D eigenvalue weighted by Gasteiger charge is -2.35. The predicted octanol–water partition coefficient (Wildman–Crippen LogP) is 2.58. The molecule has 0 amide bonds. The highest BCUT2D eigenvalue weighted by atomic mass is 79.9. The first kappa shape index (κ1) is 15.0. The number of nitrogens with zero attached hydrogens (tertiary/aromatic N) is 1. The van der Waals surface area contributed by atoms with Crippen molar-refractivity contribution < 1.29 is 10.2 Å². The SMILES string of the molecule is CC(O)C1CCCN(CC(O)c2ccccc2Br)C1. The molecule has 1 aromatic rings. The fourth-order valence-corrected chi connectivity index (χ4v) is 3.29. The number of aliphatic hydroxyl groups excluding tert-OH is 2. The smallest absolute Gasteiger partial charge is 0.0927 e. The van der Waals surface area contributed by atoms with E-state index < -0.39 is 6.10 Å². The molecular formula is C15H22BrNO2. The Morgan fingerprint density at radius 2 is 2.11 bits per heavy atom. The van der Waals surface area contributed by atoms with Gasteiger partial charge in [0.15, 0.2) is 0 Å². The number of hydrogen-bond acceptors (Lipinski definition) is 3. The van der Waals surface area contributed by atoms with E-state index in [-0.39, 0.29) is 6.10 Å². The fraction of sp³-hybridized carbons (Fsp3) is 0.600. The Morgan fingerprint density at radius 1 is 1.37 bits per heavy atom. The lowest BCUT2D eigenvalue weighted by Crippen LogP contribution is -2.41. The zero-order valence-corrected chi connectivity index (χ0v) is 12.9. The summed E-state index contributed by atoms with van der Waals surface area (Å²) in [5, 5.41) is 20.0. The van der Waals surface area contributed by atoms with E-state index in [0.717, 1.165) is 36.0 Å². The monoisotopic (exact) mass is 327 g/mol. The van der Waals surface area contributed by atoms with Crippen LogP contribution in [0.1, 0.15) is 31.4 Å². The fourth-order valence-electron chi connectivity index (χ4n) is 2.74. The third kappa shape index (κ3) is 4.02. The van der Waals surface area contributed by atoms with E-state index >= 15 is 0 Å². The average Bonchev–Trinajstić information content (AvgIpc) is 2.39. The van der Waals surface area contributed by atoms with Crippen LogP contribution in [0.3, 0.4) is 0 Å². The molecule has 0 spiro atoms. The maximum Gasteiger partial charge on any atom is 0.0927 e. The minimum absolute atomic E-state index is 0.261. The Bertz CT molecular complexity index is 411. The van der Waals surface area contributed by atoms with Crippen molar-refractivity contribution in [2.24, 2.45) is 5.92 Å². The van der Waals surface area contributed by atoms with Crippen LogP contribution in [0.2, 0.25) is 0 Å². The van der Waals surface area contributed by atoms with Crippen LogP contribution < -0.4 is 0 Å². The molecule has 3 unspecified atom stereocenters. The summed E-state index contributed by atoms with van der Waals surface area (Å²) in [4.78, 5) is 2.25. The summed E-state index contributed by atoms with van der Waals surface area (Å²) in [6.07, 6.45) is 1.43. The summed E-state index contributed by atoms with van der Waals surface area (Å²) < 4.78 is 0.951. The zero-order valence-electron chi connectivity index (χ0n) is 11.3. The van der Waals surface area contributed by atoms with Crippen molar-refractivity contribution in [2.45, 2.75) is 32.0 Å². The Hall–Kier alpha value is -0.420. The standard InChI is InChI=1S/C15H22BrNO2/c1-11(18)12-5-4-8-17(9-12)10-15(19)13-6-2-3-7-14(13)16/h2-3,6-7,11-12,15,18-19H,4-5,8-10H2,1H3. The topological polar surface area (TPSA) is 43.7 Å². The Labute approximate surface area is 123 Å². The second-order valence-electron chi connectivity index (χ2n) is 5.44. The number of hydrogen-bond donors (Lipinski definition) is 2. The molecule has 0 saturated carbocycles. The van der Waals surface area contributed by atoms with E-state index in [1.54, 1.807) is 0 Å². The van der Waals surface area contributed by atoms with Crippen LogP contribution in [0.25, 0.3) is 0 Å². The molecule has 2 N–H and O–H groups in total. The van der Waals surface area contributed by atoms with Gasteiger partial charge in [-0.25, -0.2) is 0 Å². The first-order valence-electron chi connectivity index (χ1n) is 6.91. The number of aliphatic hydroxyl groups is 2. The highest BCUT2D eigenvalue weighted by molar-refractivity contribution is 9.10. The van der Waals surface area contributed by atoms with Crippen LogP contribution in [0.15, 0.2) is 28.7 Å². The highest BCUT2D eigenvalue weighted by Crippen LogP contribution is 2.26. The van der Waals surface area contributed by atoms with Crippen LogP contribution in [0, 0.1) is 5.92 Å². The van der Waals surface area contributed by atoms with E-state index in [1.807, 2.05) is 31.2 Å². The largest absolute Gasteiger partial charge is 0.393 e. The lowest BCUT2D eigenvalue weighted by molar-refractivity contribution is 0.0375. The van der Waals surface area contributed by atoms with Crippen molar-refractivity contribution in [3.63, 3.8) is 0 Å². The minimum atomic E-state index is -0.483. The Kier molecular flexibility index (Phi) is 5.39. The van der Waals surface area contributed by atoms with Gasteiger partial charge in [0.05, 0.1) is 12.2 Å². The second kappa shape index (κ2) is 6.84. The molecule has 106 valence electrons. The van der Waals surface area contributed by atoms with Gasteiger partial charge in [0.25, 0.3) is 0 Å². The van der Waals surface area contributed by atoms with Crippen molar-refractivity contribution in [3.05, 3.63) is 34.3 Å². The maximum absolute atomic E-state index is 10.3. The van der Waals surface area contributed by atoms with E-state index in [9.17, 15) is 10.2 Å². The highest BCUT2D eigenvalue weighted by Gasteiger charge is 2.25. The number of likely N-dealkylation sites (tertiary alicyclic amines) is 1. The molecular weight excluding hydrogens is 306 g/mol. The van der Waals surface area contributed by atoms with Crippen molar-refractivity contribution in [3.8, 4) is 0 Å². The Balaban J connectivity index is 1.95. The molecule has 1 heterocycles. The normalized spacial score (nSPS) is 24.1. The van der Waals surface area contributed by atoms with Crippen LogP contribution >= 0.6 is 15.9 Å². The van der Waals surface area contributed by atoms with Gasteiger partial charge in [-0.2, -0.15) is 0 Å². The third-order valence-corrected chi connectivity index (χ3v) is 4.64. The summed E-state index contributed by atoms with van der Waals surface area (Å²) in [5.74, 6) is 0.333. The molecule has 0 bridgehead atoms. The molecule has 1 saturated heterocycles. The van der Waals surface area contributed by atoms with Crippen LogP contribution in [0.5, 0.6) is 0 Å². The number of piperidine rings is 1. The van der Waals surface area contributed by atoms with Gasteiger partial charge in [0, 0.05) is 17.6 Å². The van der Waals surface area contributed by atoms with E-state index in [4.69, 9.17) is 0 Å². The van der Waals surface area contributed by atoms with Crippen molar-refractivity contribution >= 4 is 15.9 Å². The molecule has 3 atom stereocenters. The second-order valence-corrected chi connectivity index (χ2v) is 6.29. The molecule has 2 rings (SSSR count). The zero-order chi connectivity index (χ0) is 13.8. The summed E-state index contributed by atoms with van der Waals surface area (Å²) in [6.45, 7) is 4.37. The van der Waals surface area contributed by atoms with Crippen LogP contribution in [0.4, 0.5) is 0 Å². The maximum atomic E-state index is 10.3. The first-order valence-corrected chi connectivity index (χ1v) is 7.70. The van der Waals surface area contributed by atoms with Gasteiger partial charge in [-0.05, 0) is 43.9 Å². The van der Waals surface area contributed by atoms with Gasteiger partial charge in [-0.3, -0.25) is 0 Å². The number of rotatable bonds is 4. The molecule has 4 heteroatoms. The molecule has 3 nitrogen and oxygen atoms in total. The van der Waals surface area contributed by atoms with Gasteiger partial charge in [0.1, 0.15) is 0 Å². The predicted molar refractivity (Wildman–Crippen MR) is 79.9 cm³/mol. The molecule has 0 radical (unpaired) electrons. The molecule has 19 heavy (non-hydrogen) atoms. The van der Waals surface area contributed by atoms with E-state index in [0.29, 0.717) is 12.5 Å². The van der Waals surface area contributed by atoms with Crippen molar-refractivity contribution in [1.29, 1.82) is 0 Å². The molecule has 1 fully saturated rings. The van der Waals surface area contributed by atoms with Crippen LogP contribution in [-0.2, 0) is 0 Å². The summed E-state index contributed by atoms with van der Waals surface area (Å²) in [7, 11) is 0. The molecule has 0 aliphatic carbocycles. The molecule has 1 aromatic carbocycles. The summed E-state index contributed by atoms with van der Waals surface area (Å²) >= 11 is 3.48. The first-order chi connectivity index (χ1) is 9.08. The number of halogens is 1. The Morgan fingerprint density at radius 3 is 2.79 bits per heavy atom. The van der Waals surface area contributed by atoms with Gasteiger partial charge in [-0.1, -0.05) is 34.1 Å². The van der Waals surface area contributed by atoms with Crippen molar-refractivity contribution in [2.75, 3.05) is 19.6 Å². The van der Waals surface area contributed by atoms with Gasteiger partial charge < -0.3 is 15.1 Å². The molecule has 0 aromatic heterocycles. The lowest BCUT2D eigenvalue weighted by atomic mass is 9.93. The number of β-amino-alcohol motifs (C(OH)–C–C–N with tert-alkyl or cyclic N) is 1. The summed E-state index contributed by atoms with van der Waals surface area (Å²) in [6, 6.07) is 7.79. The van der Waals surface area contributed by atoms with E-state index in [1.165, 1.54) is 0 Å². The molecule has 1 aliphatic rings. The van der Waals surface area contributed by atoms with E-state index in [2.05, 4.69) is 20.8 Å². The van der Waals surface area contributed by atoms with Gasteiger partial charge in [0.2, 0.25) is 0 Å². The van der Waals surface area contributed by atoms with Gasteiger partial charge in [-0.15, -0.1) is 0 Å². The van der Waals surface area contributed by atoms with Gasteiger partial charge >= 0.3 is 0 Å². The van der Waals surface area contributed by atoms with Crippen LogP contribution in [-0.4, -0.2) is 40.9 Å². The quantitative estimate of drug-likeness (QED) is 0.893.